The first-order chi connectivity index (χ1) is 7.38. The molecule has 0 nitrogen and oxygen atoms in total. The van der Waals surface area contributed by atoms with Crippen LogP contribution in [0.4, 0.5) is 0 Å². The number of rotatable bonds is 4. The summed E-state index contributed by atoms with van der Waals surface area (Å²) in [6.45, 7) is 13.2. The number of hydrogen-bond acceptors (Lipinski definition) is 0. The fraction of sp³-hybridized carbons (Fsp3) is 0.333. The van der Waals surface area contributed by atoms with Crippen molar-refractivity contribution < 1.29 is 0 Å². The molecule has 1 aromatic carbocycles. The van der Waals surface area contributed by atoms with E-state index in [1.54, 1.807) is 0 Å². The van der Waals surface area contributed by atoms with Gasteiger partial charge in [-0.05, 0) is 24.5 Å². The molecule has 0 bridgehead atoms. The van der Waals surface area contributed by atoms with Crippen LogP contribution in [0.5, 0.6) is 0 Å². The molecule has 0 aliphatic heterocycles. The topological polar surface area (TPSA) is 0 Å². The van der Waals surface area contributed by atoms with Gasteiger partial charge in [-0.3, -0.25) is 0 Å². The van der Waals surface area contributed by atoms with E-state index in [0.717, 1.165) is 6.42 Å². The van der Waals surface area contributed by atoms with Crippen molar-refractivity contribution in [2.75, 3.05) is 0 Å². The molecule has 0 radical (unpaired) electrons. The van der Waals surface area contributed by atoms with Gasteiger partial charge < -0.3 is 0 Å². The van der Waals surface area contributed by atoms with Crippen LogP contribution in [0, 0.1) is 0 Å². The van der Waals surface area contributed by atoms with E-state index >= 15 is 0 Å². The lowest BCUT2D eigenvalue weighted by atomic mass is 10.0. The highest BCUT2D eigenvalue weighted by Gasteiger charge is 2.12. The highest BCUT2D eigenvalue weighted by atomic mass is 28.3. The normalized spacial score (nSPS) is 12.6. The Morgan fingerprint density at radius 3 is 2.19 bits per heavy atom. The molecule has 0 amide bonds. The minimum absolute atomic E-state index is 0.994. The maximum Gasteiger partial charge on any atom is 0.0691 e. The third-order valence-electron chi connectivity index (χ3n) is 2.24. The molecular formula is C15H22Si. The molecule has 0 saturated carbocycles. The molecule has 0 spiro atoms. The molecule has 0 saturated heterocycles. The SMILES string of the molecule is C=C(C)C/C(=C/[Si](C)(C)C)c1ccccc1. The summed E-state index contributed by atoms with van der Waals surface area (Å²) >= 11 is 0. The van der Waals surface area contributed by atoms with E-state index in [4.69, 9.17) is 0 Å². The van der Waals surface area contributed by atoms with Crippen molar-refractivity contribution in [2.24, 2.45) is 0 Å². The van der Waals surface area contributed by atoms with Crippen molar-refractivity contribution in [1.29, 1.82) is 0 Å². The van der Waals surface area contributed by atoms with Crippen molar-refractivity contribution in [2.45, 2.75) is 33.0 Å². The Labute approximate surface area is 101 Å². The van der Waals surface area contributed by atoms with Crippen molar-refractivity contribution in [3.63, 3.8) is 0 Å². The van der Waals surface area contributed by atoms with E-state index in [2.05, 4.69) is 69.2 Å². The third-order valence-corrected chi connectivity index (χ3v) is 3.46. The monoisotopic (exact) mass is 230 g/mol. The maximum absolute atomic E-state index is 4.03. The molecule has 1 heteroatoms. The largest absolute Gasteiger partial charge is 0.0998 e. The van der Waals surface area contributed by atoms with Gasteiger partial charge in [0, 0.05) is 0 Å². The van der Waals surface area contributed by atoms with E-state index < -0.39 is 8.07 Å². The van der Waals surface area contributed by atoms with E-state index in [0.29, 0.717) is 0 Å². The van der Waals surface area contributed by atoms with Crippen molar-refractivity contribution in [3.05, 3.63) is 53.7 Å². The Bertz CT molecular complexity index is 380. The summed E-state index contributed by atoms with van der Waals surface area (Å²) in [4.78, 5) is 0. The molecule has 0 fully saturated rings. The van der Waals surface area contributed by atoms with Gasteiger partial charge in [-0.1, -0.05) is 67.8 Å². The Hall–Kier alpha value is -1.08. The quantitative estimate of drug-likeness (QED) is 0.509. The highest BCUT2D eigenvalue weighted by Crippen LogP contribution is 2.24. The summed E-state index contributed by atoms with van der Waals surface area (Å²) in [6.07, 6.45) is 0.994. The summed E-state index contributed by atoms with van der Waals surface area (Å²) < 4.78 is 0. The predicted molar refractivity (Wildman–Crippen MR) is 77.2 cm³/mol. The van der Waals surface area contributed by atoms with E-state index in [-0.39, 0.29) is 0 Å². The molecule has 86 valence electrons. The molecule has 1 rings (SSSR count). The predicted octanol–water partition coefficient (Wildman–Crippen LogP) is 4.91. The average Bonchev–Trinajstić information content (AvgIpc) is 2.15. The molecule has 0 heterocycles. The van der Waals surface area contributed by atoms with Gasteiger partial charge in [0.25, 0.3) is 0 Å². The minimum Gasteiger partial charge on any atom is -0.0998 e. The van der Waals surface area contributed by atoms with Crippen LogP contribution in [0.3, 0.4) is 0 Å². The summed E-state index contributed by atoms with van der Waals surface area (Å²) in [7, 11) is -1.17. The second-order valence-electron chi connectivity index (χ2n) is 5.54. The maximum atomic E-state index is 4.03. The van der Waals surface area contributed by atoms with Crippen molar-refractivity contribution >= 4 is 13.6 Å². The smallest absolute Gasteiger partial charge is 0.0691 e. The zero-order chi connectivity index (χ0) is 12.2. The van der Waals surface area contributed by atoms with Crippen LogP contribution in [-0.2, 0) is 0 Å². The molecule has 0 atom stereocenters. The third kappa shape index (κ3) is 4.62. The zero-order valence-corrected chi connectivity index (χ0v) is 11.9. The lowest BCUT2D eigenvalue weighted by Crippen LogP contribution is -2.16. The minimum atomic E-state index is -1.17. The molecule has 0 aromatic heterocycles. The lowest BCUT2D eigenvalue weighted by Gasteiger charge is -2.15. The van der Waals surface area contributed by atoms with Gasteiger partial charge in [-0.25, -0.2) is 0 Å². The first kappa shape index (κ1) is 13.0. The zero-order valence-electron chi connectivity index (χ0n) is 10.9. The van der Waals surface area contributed by atoms with E-state index in [9.17, 15) is 0 Å². The van der Waals surface area contributed by atoms with Crippen LogP contribution in [-0.4, -0.2) is 8.07 Å². The average molecular weight is 230 g/mol. The van der Waals surface area contributed by atoms with Crippen LogP contribution in [0.15, 0.2) is 48.2 Å². The lowest BCUT2D eigenvalue weighted by molar-refractivity contribution is 1.24. The van der Waals surface area contributed by atoms with E-state index in [1.807, 2.05) is 0 Å². The van der Waals surface area contributed by atoms with Gasteiger partial charge in [0.2, 0.25) is 0 Å². The second-order valence-corrected chi connectivity index (χ2v) is 10.6. The summed E-state index contributed by atoms with van der Waals surface area (Å²) in [6, 6.07) is 10.7. The number of benzene rings is 1. The first-order valence-electron chi connectivity index (χ1n) is 5.80. The Kier molecular flexibility index (Phi) is 4.31. The van der Waals surface area contributed by atoms with Gasteiger partial charge >= 0.3 is 0 Å². The number of hydrogen-bond donors (Lipinski definition) is 0. The summed E-state index contributed by atoms with van der Waals surface area (Å²) in [5, 5.41) is 0. The summed E-state index contributed by atoms with van der Waals surface area (Å²) in [5.74, 6) is 0. The second kappa shape index (κ2) is 5.31. The Morgan fingerprint density at radius 1 is 1.19 bits per heavy atom. The molecule has 1 aromatic rings. The fourth-order valence-corrected chi connectivity index (χ4v) is 3.05. The summed E-state index contributed by atoms with van der Waals surface area (Å²) in [5.41, 5.74) is 6.49. The molecule has 16 heavy (non-hydrogen) atoms. The van der Waals surface area contributed by atoms with Gasteiger partial charge in [0.1, 0.15) is 0 Å². The van der Waals surface area contributed by atoms with E-state index in [1.165, 1.54) is 16.7 Å². The van der Waals surface area contributed by atoms with Crippen LogP contribution < -0.4 is 0 Å². The van der Waals surface area contributed by atoms with Crippen molar-refractivity contribution in [1.82, 2.24) is 0 Å². The molecule has 0 aliphatic rings. The fourth-order valence-electron chi connectivity index (χ4n) is 1.74. The highest BCUT2D eigenvalue weighted by molar-refractivity contribution is 6.81. The first-order valence-corrected chi connectivity index (χ1v) is 9.38. The van der Waals surface area contributed by atoms with Crippen LogP contribution in [0.25, 0.3) is 5.57 Å². The van der Waals surface area contributed by atoms with Crippen LogP contribution in [0.1, 0.15) is 18.9 Å². The molecular weight excluding hydrogens is 208 g/mol. The van der Waals surface area contributed by atoms with Crippen LogP contribution in [0.2, 0.25) is 19.6 Å². The van der Waals surface area contributed by atoms with Gasteiger partial charge in [0.15, 0.2) is 0 Å². The molecule has 0 aliphatic carbocycles. The van der Waals surface area contributed by atoms with Crippen LogP contribution >= 0.6 is 0 Å². The van der Waals surface area contributed by atoms with Gasteiger partial charge in [-0.15, -0.1) is 0 Å². The number of allylic oxidation sites excluding steroid dienone is 2. The molecule has 0 N–H and O–H groups in total. The van der Waals surface area contributed by atoms with Crippen molar-refractivity contribution in [3.8, 4) is 0 Å². The standard InChI is InChI=1S/C15H22Si/c1-13(2)11-15(12-16(3,4)5)14-9-7-6-8-10-14/h6-10,12H,1,11H2,2-5H3/b15-12-. The van der Waals surface area contributed by atoms with Gasteiger partial charge in [0.05, 0.1) is 8.07 Å². The Balaban J connectivity index is 3.07. The Morgan fingerprint density at radius 2 is 1.75 bits per heavy atom. The molecule has 0 unspecified atom stereocenters. The van der Waals surface area contributed by atoms with Gasteiger partial charge in [-0.2, -0.15) is 0 Å².